The summed E-state index contributed by atoms with van der Waals surface area (Å²) in [6, 6.07) is 5.63. The maximum absolute atomic E-state index is 9.42. The molecule has 0 radical (unpaired) electrons. The van der Waals surface area contributed by atoms with Crippen LogP contribution in [0.2, 0.25) is 0 Å². The third kappa shape index (κ3) is 4.20. The molecule has 0 amide bonds. The molecule has 3 rings (SSSR count). The van der Waals surface area contributed by atoms with Gasteiger partial charge in [-0.2, -0.15) is 10.1 Å². The van der Waals surface area contributed by atoms with E-state index < -0.39 is 6.10 Å². The van der Waals surface area contributed by atoms with Crippen molar-refractivity contribution in [2.45, 2.75) is 26.0 Å². The van der Waals surface area contributed by atoms with Crippen molar-refractivity contribution < 1.29 is 14.6 Å². The van der Waals surface area contributed by atoms with Crippen molar-refractivity contribution in [1.29, 1.82) is 0 Å². The summed E-state index contributed by atoms with van der Waals surface area (Å²) in [7, 11) is 3.24. The zero-order chi connectivity index (χ0) is 19.4. The molecule has 9 heteroatoms. The lowest BCUT2D eigenvalue weighted by molar-refractivity contribution is 0.188. The van der Waals surface area contributed by atoms with E-state index in [0.717, 1.165) is 17.1 Å². The maximum Gasteiger partial charge on any atom is 0.222 e. The van der Waals surface area contributed by atoms with E-state index in [4.69, 9.17) is 15.2 Å². The van der Waals surface area contributed by atoms with Gasteiger partial charge in [0, 0.05) is 6.54 Å². The van der Waals surface area contributed by atoms with Gasteiger partial charge in [-0.25, -0.2) is 4.98 Å². The minimum atomic E-state index is -0.400. The van der Waals surface area contributed by atoms with E-state index in [0.29, 0.717) is 36.4 Å². The molecule has 0 spiro atoms. The molecule has 0 fully saturated rings. The van der Waals surface area contributed by atoms with Crippen LogP contribution in [0.3, 0.4) is 0 Å². The number of nitrogens with two attached hydrogens (primary N) is 1. The molecular weight excluding hydrogens is 348 g/mol. The molecule has 9 nitrogen and oxygen atoms in total. The second-order valence-corrected chi connectivity index (χ2v) is 6.20. The molecule has 0 saturated heterocycles. The largest absolute Gasteiger partial charge is 0.496 e. The van der Waals surface area contributed by atoms with Gasteiger partial charge in [0.05, 0.1) is 38.6 Å². The summed E-state index contributed by atoms with van der Waals surface area (Å²) in [6.07, 6.45) is 1.99. The Labute approximate surface area is 157 Å². The molecule has 27 heavy (non-hydrogen) atoms. The van der Waals surface area contributed by atoms with E-state index in [1.54, 1.807) is 32.0 Å². The first-order valence-electron chi connectivity index (χ1n) is 8.64. The Hall–Kier alpha value is -3.07. The number of hydrogen-bond donors (Lipinski definition) is 3. The van der Waals surface area contributed by atoms with Gasteiger partial charge in [0.25, 0.3) is 0 Å². The summed E-state index contributed by atoms with van der Waals surface area (Å²) in [4.78, 5) is 8.49. The van der Waals surface area contributed by atoms with E-state index in [-0.39, 0.29) is 5.95 Å². The Morgan fingerprint density at radius 3 is 2.56 bits per heavy atom. The smallest absolute Gasteiger partial charge is 0.222 e. The van der Waals surface area contributed by atoms with Crippen molar-refractivity contribution in [2.75, 3.05) is 31.8 Å². The third-order valence-electron chi connectivity index (χ3n) is 4.13. The monoisotopic (exact) mass is 372 g/mol. The van der Waals surface area contributed by atoms with Crippen molar-refractivity contribution in [3.63, 3.8) is 0 Å². The van der Waals surface area contributed by atoms with Crippen molar-refractivity contribution in [1.82, 2.24) is 19.7 Å². The van der Waals surface area contributed by atoms with Crippen LogP contribution in [0.5, 0.6) is 11.5 Å². The standard InChI is InChI=1S/C18H24N6O3/c1-11(25)7-8-20-17-16-13(21-18(19)22-17)10-24(23-16)9-12-14(26-2)5-4-6-15(12)27-3/h4-6,10-11,25H,7-9H2,1-3H3,(H3,19,20,21,22). The van der Waals surface area contributed by atoms with E-state index in [1.807, 2.05) is 18.2 Å². The molecule has 1 unspecified atom stereocenters. The van der Waals surface area contributed by atoms with Gasteiger partial charge in [0.1, 0.15) is 17.0 Å². The van der Waals surface area contributed by atoms with E-state index >= 15 is 0 Å². The SMILES string of the molecule is COc1cccc(OC)c1Cn1cc2nc(N)nc(NCCC(C)O)c2n1. The highest BCUT2D eigenvalue weighted by atomic mass is 16.5. The topological polar surface area (TPSA) is 120 Å². The zero-order valence-electron chi connectivity index (χ0n) is 15.6. The number of rotatable bonds is 8. The van der Waals surface area contributed by atoms with Crippen LogP contribution in [0.15, 0.2) is 24.4 Å². The summed E-state index contributed by atoms with van der Waals surface area (Å²) < 4.78 is 12.6. The molecular formula is C18H24N6O3. The van der Waals surface area contributed by atoms with Crippen molar-refractivity contribution in [3.05, 3.63) is 30.0 Å². The van der Waals surface area contributed by atoms with Gasteiger partial charge in [-0.3, -0.25) is 4.68 Å². The Bertz CT molecular complexity index is 903. The molecule has 0 aliphatic carbocycles. The Morgan fingerprint density at radius 2 is 1.93 bits per heavy atom. The number of aliphatic hydroxyl groups is 1. The lowest BCUT2D eigenvalue weighted by atomic mass is 10.1. The minimum absolute atomic E-state index is 0.163. The third-order valence-corrected chi connectivity index (χ3v) is 4.13. The number of nitrogens with zero attached hydrogens (tertiary/aromatic N) is 4. The first kappa shape index (κ1) is 18.7. The number of anilines is 2. The molecule has 1 atom stereocenters. The number of aliphatic hydroxyl groups excluding tert-OH is 1. The quantitative estimate of drug-likeness (QED) is 0.546. The van der Waals surface area contributed by atoms with Crippen LogP contribution < -0.4 is 20.5 Å². The number of hydrogen-bond acceptors (Lipinski definition) is 8. The second kappa shape index (κ2) is 8.09. The molecule has 1 aromatic carbocycles. The molecule has 2 heterocycles. The lowest BCUT2D eigenvalue weighted by Gasteiger charge is -2.12. The van der Waals surface area contributed by atoms with Crippen LogP contribution in [0, 0.1) is 0 Å². The summed E-state index contributed by atoms with van der Waals surface area (Å²) in [5.41, 5.74) is 7.95. The first-order chi connectivity index (χ1) is 13.0. The van der Waals surface area contributed by atoms with Gasteiger partial charge >= 0.3 is 0 Å². The Balaban J connectivity index is 1.93. The number of aromatic nitrogens is 4. The average molecular weight is 372 g/mol. The number of methoxy groups -OCH3 is 2. The normalized spacial score (nSPS) is 12.1. The fourth-order valence-electron chi connectivity index (χ4n) is 2.83. The van der Waals surface area contributed by atoms with Crippen LogP contribution in [-0.2, 0) is 6.54 Å². The highest BCUT2D eigenvalue weighted by Crippen LogP contribution is 2.29. The Morgan fingerprint density at radius 1 is 1.22 bits per heavy atom. The first-order valence-corrected chi connectivity index (χ1v) is 8.64. The molecule has 0 aliphatic heterocycles. The van der Waals surface area contributed by atoms with Crippen molar-refractivity contribution in [3.8, 4) is 11.5 Å². The fraction of sp³-hybridized carbons (Fsp3) is 0.389. The Kier molecular flexibility index (Phi) is 5.60. The number of nitrogens with one attached hydrogen (secondary N) is 1. The van der Waals surface area contributed by atoms with Crippen LogP contribution in [0.4, 0.5) is 11.8 Å². The van der Waals surface area contributed by atoms with Crippen LogP contribution in [0.25, 0.3) is 11.0 Å². The predicted molar refractivity (Wildman–Crippen MR) is 103 cm³/mol. The van der Waals surface area contributed by atoms with Gasteiger partial charge < -0.3 is 25.6 Å². The molecule has 2 aromatic heterocycles. The molecule has 4 N–H and O–H groups in total. The van der Waals surface area contributed by atoms with Crippen LogP contribution in [0.1, 0.15) is 18.9 Å². The minimum Gasteiger partial charge on any atom is -0.496 e. The van der Waals surface area contributed by atoms with E-state index in [1.165, 1.54) is 0 Å². The van der Waals surface area contributed by atoms with Gasteiger partial charge in [0.15, 0.2) is 11.3 Å². The lowest BCUT2D eigenvalue weighted by Crippen LogP contribution is -2.12. The summed E-state index contributed by atoms with van der Waals surface area (Å²) in [5.74, 6) is 2.14. The van der Waals surface area contributed by atoms with Crippen molar-refractivity contribution in [2.24, 2.45) is 0 Å². The summed E-state index contributed by atoms with van der Waals surface area (Å²) >= 11 is 0. The van der Waals surface area contributed by atoms with Gasteiger partial charge in [-0.1, -0.05) is 6.07 Å². The summed E-state index contributed by atoms with van der Waals surface area (Å²) in [5, 5.41) is 17.2. The average Bonchev–Trinajstić information content (AvgIpc) is 3.03. The van der Waals surface area contributed by atoms with Crippen molar-refractivity contribution >= 4 is 22.8 Å². The molecule has 3 aromatic rings. The highest BCUT2D eigenvalue weighted by molar-refractivity contribution is 5.85. The second-order valence-electron chi connectivity index (χ2n) is 6.20. The molecule has 144 valence electrons. The number of nitrogen functional groups attached to an aromatic ring is 1. The highest BCUT2D eigenvalue weighted by Gasteiger charge is 2.15. The number of ether oxygens (including phenoxy) is 2. The predicted octanol–water partition coefficient (Wildman–Crippen LogP) is 1.66. The van der Waals surface area contributed by atoms with E-state index in [9.17, 15) is 5.11 Å². The van der Waals surface area contributed by atoms with Gasteiger partial charge in [-0.05, 0) is 25.5 Å². The molecule has 0 bridgehead atoms. The van der Waals surface area contributed by atoms with Gasteiger partial charge in [0.2, 0.25) is 5.95 Å². The molecule has 0 saturated carbocycles. The zero-order valence-corrected chi connectivity index (χ0v) is 15.6. The van der Waals surface area contributed by atoms with Gasteiger partial charge in [-0.15, -0.1) is 0 Å². The fourth-order valence-corrected chi connectivity index (χ4v) is 2.83. The van der Waals surface area contributed by atoms with E-state index in [2.05, 4.69) is 20.4 Å². The van der Waals surface area contributed by atoms with Crippen LogP contribution in [-0.4, -0.2) is 51.7 Å². The maximum atomic E-state index is 9.42. The van der Waals surface area contributed by atoms with Crippen LogP contribution >= 0.6 is 0 Å². The number of fused-ring (bicyclic) bond motifs is 1. The summed E-state index contributed by atoms with van der Waals surface area (Å²) in [6.45, 7) is 2.73. The number of benzene rings is 1. The molecule has 0 aliphatic rings.